The van der Waals surface area contributed by atoms with Crippen LogP contribution in [-0.4, -0.2) is 146 Å². The first-order valence-electron chi connectivity index (χ1n) is 34.2. The molecule has 0 aromatic heterocycles. The normalized spacial score (nSPS) is 10.7. The second kappa shape index (κ2) is 41.8. The summed E-state index contributed by atoms with van der Waals surface area (Å²) in [5.41, 5.74) is 3.46. The van der Waals surface area contributed by atoms with E-state index in [1.807, 2.05) is 45.3 Å². The molecule has 0 atom stereocenters. The van der Waals surface area contributed by atoms with Crippen LogP contribution in [0.5, 0.6) is 34.5 Å². The van der Waals surface area contributed by atoms with Gasteiger partial charge in [-0.2, -0.15) is 13.2 Å². The third-order valence-electron chi connectivity index (χ3n) is 15.3. The summed E-state index contributed by atoms with van der Waals surface area (Å²) in [7, 11) is 3.62. The molecular formula is C82H81F3N4O21. The number of rotatable bonds is 37. The zero-order valence-electron chi connectivity index (χ0n) is 61.3. The minimum Gasteiger partial charge on any atom is -0.460 e. The van der Waals surface area contributed by atoms with Gasteiger partial charge in [0, 0.05) is 65.7 Å². The van der Waals surface area contributed by atoms with Crippen molar-refractivity contribution < 1.29 is 113 Å². The maximum atomic E-state index is 13.7. The molecule has 8 aromatic carbocycles. The highest BCUT2D eigenvalue weighted by Gasteiger charge is 2.28. The lowest BCUT2D eigenvalue weighted by Crippen LogP contribution is -2.19. The van der Waals surface area contributed by atoms with Gasteiger partial charge >= 0.3 is 42.0 Å². The molecule has 0 saturated heterocycles. The number of amides is 2. The number of ether oxygens (including phenoxy) is 11. The molecule has 0 fully saturated rings. The lowest BCUT2D eigenvalue weighted by Gasteiger charge is -2.14. The van der Waals surface area contributed by atoms with Gasteiger partial charge in [0.05, 0.1) is 59.6 Å². The van der Waals surface area contributed by atoms with E-state index in [-0.39, 0.29) is 120 Å². The van der Waals surface area contributed by atoms with E-state index in [2.05, 4.69) is 34.4 Å². The molecule has 0 bridgehead atoms. The number of halogens is 3. The lowest BCUT2D eigenvalue weighted by atomic mass is 9.94. The zero-order valence-corrected chi connectivity index (χ0v) is 61.3. The smallest absolute Gasteiger partial charge is 0.391 e. The summed E-state index contributed by atoms with van der Waals surface area (Å²) < 4.78 is 96.1. The maximum Gasteiger partial charge on any atom is 0.391 e. The van der Waals surface area contributed by atoms with E-state index >= 15 is 0 Å². The number of nitrogens with one attached hydrogen (secondary N) is 4. The summed E-state index contributed by atoms with van der Waals surface area (Å²) in [5, 5.41) is 11.6. The van der Waals surface area contributed by atoms with Gasteiger partial charge in [0.2, 0.25) is 0 Å². The molecule has 110 heavy (non-hydrogen) atoms. The predicted molar refractivity (Wildman–Crippen MR) is 401 cm³/mol. The third-order valence-corrected chi connectivity index (χ3v) is 15.3. The lowest BCUT2D eigenvalue weighted by molar-refractivity contribution is -0.146. The van der Waals surface area contributed by atoms with Crippen LogP contribution in [0.15, 0.2) is 194 Å². The van der Waals surface area contributed by atoms with Crippen molar-refractivity contribution in [2.24, 2.45) is 0 Å². The fraction of sp³-hybridized carbons (Fsp3) is 0.244. The molecule has 2 amide bonds. The fourth-order valence-electron chi connectivity index (χ4n) is 9.71. The first-order valence-corrected chi connectivity index (χ1v) is 34.2. The van der Waals surface area contributed by atoms with Gasteiger partial charge in [-0.25, -0.2) is 28.8 Å². The van der Waals surface area contributed by atoms with Crippen LogP contribution in [0.1, 0.15) is 130 Å². The number of hydrogen-bond acceptors (Lipinski definition) is 23. The largest absolute Gasteiger partial charge is 0.460 e. The van der Waals surface area contributed by atoms with Crippen LogP contribution in [-0.2, 0) is 47.5 Å². The molecular weight excluding hydrogens is 1430 g/mol. The second-order valence-electron chi connectivity index (χ2n) is 23.8. The highest BCUT2D eigenvalue weighted by molar-refractivity contribution is 6.13. The van der Waals surface area contributed by atoms with Gasteiger partial charge in [0.1, 0.15) is 74.1 Å². The van der Waals surface area contributed by atoms with E-state index in [0.29, 0.717) is 52.1 Å². The number of ketones is 2. The number of hydrogen-bond donors (Lipinski definition) is 4. The maximum absolute atomic E-state index is 13.7. The quantitative estimate of drug-likeness (QED) is 0.00924. The van der Waals surface area contributed by atoms with E-state index in [0.717, 1.165) is 17.8 Å². The monoisotopic (exact) mass is 1510 g/mol. The van der Waals surface area contributed by atoms with Crippen LogP contribution in [0.2, 0.25) is 0 Å². The SMILES string of the molecule is C=C(C)C(=O)OCCOC(=O)c1ccc(Oc2ccc(C(=O)OCCOC(=O)C(=C)C)c(C(=O)Nc3ccc(Oc4ccc(NC)cc4)cc3)c2)cc1C(C)=O.CCCOCCOC(=O)c1ccc(-c2ccc(C(=O)OCCOCCC(F)(F)F)c(C(=O)Nc3ccc(Oc4ccc(NC)cc4)cc3)c2)cc1C(C)=O. The molecule has 0 unspecified atom stereocenters. The molecule has 0 heterocycles. The Labute approximate surface area is 631 Å². The van der Waals surface area contributed by atoms with Crippen LogP contribution in [0.3, 0.4) is 0 Å². The van der Waals surface area contributed by atoms with Crippen molar-refractivity contribution in [3.8, 4) is 45.6 Å². The van der Waals surface area contributed by atoms with Crippen LogP contribution in [0.4, 0.5) is 35.9 Å². The van der Waals surface area contributed by atoms with Crippen molar-refractivity contribution in [1.82, 2.24) is 0 Å². The van der Waals surface area contributed by atoms with Crippen molar-refractivity contribution in [2.45, 2.75) is 53.6 Å². The van der Waals surface area contributed by atoms with Gasteiger partial charge in [0.25, 0.3) is 11.8 Å². The van der Waals surface area contributed by atoms with Crippen LogP contribution >= 0.6 is 0 Å². The van der Waals surface area contributed by atoms with Crippen molar-refractivity contribution >= 4 is 81.9 Å². The summed E-state index contributed by atoms with van der Waals surface area (Å²) >= 11 is 0. The molecule has 0 spiro atoms. The summed E-state index contributed by atoms with van der Waals surface area (Å²) in [6.45, 7) is 13.0. The van der Waals surface area contributed by atoms with E-state index in [9.17, 15) is 61.1 Å². The molecule has 0 aliphatic rings. The molecule has 28 heteroatoms. The van der Waals surface area contributed by atoms with Crippen molar-refractivity contribution in [3.63, 3.8) is 0 Å². The molecule has 8 aromatic rings. The molecule has 0 radical (unpaired) electrons. The molecule has 0 aliphatic carbocycles. The van der Waals surface area contributed by atoms with Gasteiger partial charge in [-0.05, 0) is 203 Å². The Hall–Kier alpha value is -13.0. The average Bonchev–Trinajstić information content (AvgIpc) is 0.795. The van der Waals surface area contributed by atoms with E-state index in [1.54, 1.807) is 78.9 Å². The van der Waals surface area contributed by atoms with Crippen LogP contribution in [0, 0.1) is 0 Å². The van der Waals surface area contributed by atoms with Gasteiger partial charge < -0.3 is 73.4 Å². The zero-order chi connectivity index (χ0) is 79.9. The third kappa shape index (κ3) is 26.5. The number of carbonyl (C=O) groups excluding carboxylic acids is 10. The number of carbonyl (C=O) groups is 10. The summed E-state index contributed by atoms with van der Waals surface area (Å²) in [5.74, 6) is -4.38. The molecule has 8 rings (SSSR count). The minimum atomic E-state index is -4.38. The van der Waals surface area contributed by atoms with Crippen LogP contribution < -0.4 is 35.5 Å². The van der Waals surface area contributed by atoms with E-state index < -0.39 is 78.4 Å². The topological polar surface area (TPSA) is 320 Å². The second-order valence-corrected chi connectivity index (χ2v) is 23.8. The predicted octanol–water partition coefficient (Wildman–Crippen LogP) is 15.7. The fourth-order valence-corrected chi connectivity index (χ4v) is 9.71. The number of alkyl halides is 3. The van der Waals surface area contributed by atoms with Gasteiger partial charge in [-0.15, -0.1) is 0 Å². The van der Waals surface area contributed by atoms with Gasteiger partial charge in [-0.1, -0.05) is 32.2 Å². The first-order chi connectivity index (χ1) is 52.6. The van der Waals surface area contributed by atoms with E-state index in [1.165, 1.54) is 94.4 Å². The van der Waals surface area contributed by atoms with Crippen molar-refractivity contribution in [2.75, 3.05) is 101 Å². The van der Waals surface area contributed by atoms with Gasteiger partial charge in [-0.3, -0.25) is 19.2 Å². The summed E-state index contributed by atoms with van der Waals surface area (Å²) in [4.78, 5) is 128. The highest BCUT2D eigenvalue weighted by atomic mass is 19.4. The Morgan fingerprint density at radius 1 is 0.336 bits per heavy atom. The minimum absolute atomic E-state index is 0.00809. The Morgan fingerprint density at radius 2 is 0.627 bits per heavy atom. The average molecular weight is 1520 g/mol. The van der Waals surface area contributed by atoms with Gasteiger partial charge in [0.15, 0.2) is 11.6 Å². The number of Topliss-reactive ketones (excluding diaryl/α,β-unsaturated/α-hetero) is 2. The molecule has 4 N–H and O–H groups in total. The molecule has 25 nitrogen and oxygen atoms in total. The van der Waals surface area contributed by atoms with Crippen molar-refractivity contribution in [3.05, 3.63) is 239 Å². The molecule has 0 aliphatic heterocycles. The molecule has 576 valence electrons. The Bertz CT molecular complexity index is 4620. The van der Waals surface area contributed by atoms with Crippen LogP contribution in [0.25, 0.3) is 11.1 Å². The Morgan fingerprint density at radius 3 is 0.982 bits per heavy atom. The summed E-state index contributed by atoms with van der Waals surface area (Å²) in [6.07, 6.45) is -4.72. The number of anilines is 4. The van der Waals surface area contributed by atoms with E-state index in [4.69, 9.17) is 52.1 Å². The Balaban J connectivity index is 0.000000306. The molecule has 0 saturated carbocycles. The standard InChI is InChI=1S/C42H40N2O12.C40H41F3N2O9/c1-25(2)39(47)51-19-21-53-41(49)34-17-15-32(23-36(34)27(5)45)56-33-16-18-35(42(50)54-22-20-52-40(48)26(3)4)37(24-33)38(46)44-29-9-13-31(14-10-29)55-30-11-7-28(43-6)8-12-30;1-4-18-50-20-22-52-38(48)33-15-5-27(24-35(33)26(2)46)28-6-16-34(39(49)53-23-21-51-19-17-40(41,42)43)36(25-28)37(47)45-30-9-13-32(14-10-30)54-31-11-7-29(44-3)8-12-31/h7-18,23-24,43H,1,3,19-22H2,2,4-6H3,(H,44,46);5-16,24-25,44H,4,17-23H2,1-3H3,(H,45,47). The van der Waals surface area contributed by atoms with Crippen molar-refractivity contribution in [1.29, 1.82) is 0 Å². The first kappa shape index (κ1) is 84.3. The number of benzene rings is 8. The highest BCUT2D eigenvalue weighted by Crippen LogP contribution is 2.33. The number of esters is 6. The Kier molecular flexibility index (Phi) is 32.1. The summed E-state index contributed by atoms with van der Waals surface area (Å²) in [6, 6.07) is 44.7.